The molecule has 0 saturated heterocycles. The topological polar surface area (TPSA) is 12.0 Å². The molecule has 2 atom stereocenters. The monoisotopic (exact) mass is 219 g/mol. The van der Waals surface area contributed by atoms with E-state index in [4.69, 9.17) is 0 Å². The van der Waals surface area contributed by atoms with Crippen LogP contribution < -0.4 is 5.32 Å². The predicted molar refractivity (Wildman–Crippen MR) is 71.8 cm³/mol. The summed E-state index contributed by atoms with van der Waals surface area (Å²) < 4.78 is 0. The van der Waals surface area contributed by atoms with Crippen molar-refractivity contribution in [3.8, 4) is 0 Å². The lowest BCUT2D eigenvalue weighted by atomic mass is 9.99. The average molecular weight is 219 g/mol. The molecule has 2 unspecified atom stereocenters. The van der Waals surface area contributed by atoms with Gasteiger partial charge in [0.05, 0.1) is 0 Å². The van der Waals surface area contributed by atoms with Gasteiger partial charge in [0.15, 0.2) is 0 Å². The van der Waals surface area contributed by atoms with Crippen LogP contribution in [0.3, 0.4) is 0 Å². The molecule has 0 heterocycles. The summed E-state index contributed by atoms with van der Waals surface area (Å²) in [4.78, 5) is 0. The van der Waals surface area contributed by atoms with Crippen LogP contribution in [0.1, 0.15) is 50.4 Å². The Kier molecular flexibility index (Phi) is 4.55. The van der Waals surface area contributed by atoms with Gasteiger partial charge in [0, 0.05) is 12.1 Å². The second-order valence-corrected chi connectivity index (χ2v) is 5.26. The highest BCUT2D eigenvalue weighted by atomic mass is 14.9. The molecule has 1 aromatic carbocycles. The van der Waals surface area contributed by atoms with Crippen molar-refractivity contribution < 1.29 is 0 Å². The summed E-state index contributed by atoms with van der Waals surface area (Å²) in [5.74, 6) is 0.675. The fourth-order valence-corrected chi connectivity index (χ4v) is 1.72. The van der Waals surface area contributed by atoms with E-state index in [2.05, 4.69) is 65.1 Å². The average Bonchev–Trinajstić information content (AvgIpc) is 2.21. The van der Waals surface area contributed by atoms with Crippen LogP contribution in [0.4, 0.5) is 0 Å². The van der Waals surface area contributed by atoms with Crippen molar-refractivity contribution in [1.29, 1.82) is 0 Å². The molecule has 0 aliphatic carbocycles. The molecule has 0 spiro atoms. The third-order valence-corrected chi connectivity index (χ3v) is 3.54. The van der Waals surface area contributed by atoms with Crippen LogP contribution in [0.25, 0.3) is 0 Å². The first kappa shape index (κ1) is 13.2. The Morgan fingerprint density at radius 2 is 1.56 bits per heavy atom. The van der Waals surface area contributed by atoms with Gasteiger partial charge >= 0.3 is 0 Å². The second-order valence-electron chi connectivity index (χ2n) is 5.26. The molecule has 1 aromatic rings. The Morgan fingerprint density at radius 1 is 0.938 bits per heavy atom. The molecule has 16 heavy (non-hydrogen) atoms. The molecule has 0 bridgehead atoms. The first-order valence-electron chi connectivity index (χ1n) is 6.25. The van der Waals surface area contributed by atoms with E-state index in [0.29, 0.717) is 18.0 Å². The molecule has 90 valence electrons. The summed E-state index contributed by atoms with van der Waals surface area (Å²) in [7, 11) is 0. The van der Waals surface area contributed by atoms with Crippen molar-refractivity contribution in [2.75, 3.05) is 0 Å². The van der Waals surface area contributed by atoms with Crippen molar-refractivity contribution in [3.63, 3.8) is 0 Å². The molecule has 0 fully saturated rings. The molecule has 0 radical (unpaired) electrons. The van der Waals surface area contributed by atoms with Gasteiger partial charge in [0.25, 0.3) is 0 Å². The van der Waals surface area contributed by atoms with E-state index in [1.807, 2.05) is 0 Å². The SMILES string of the molecule is Cc1ccc(C(C)NC(C)C(C)C)cc1C. The number of benzene rings is 1. The van der Waals surface area contributed by atoms with E-state index in [9.17, 15) is 0 Å². The highest BCUT2D eigenvalue weighted by molar-refractivity contribution is 5.31. The smallest absolute Gasteiger partial charge is 0.0294 e. The molecular formula is C15H25N. The van der Waals surface area contributed by atoms with Gasteiger partial charge in [-0.25, -0.2) is 0 Å². The predicted octanol–water partition coefficient (Wildman–Crippen LogP) is 4.00. The van der Waals surface area contributed by atoms with Crippen LogP contribution in [-0.4, -0.2) is 6.04 Å². The summed E-state index contributed by atoms with van der Waals surface area (Å²) in [5, 5.41) is 3.64. The van der Waals surface area contributed by atoms with Gasteiger partial charge in [-0.1, -0.05) is 32.0 Å². The molecule has 1 rings (SSSR count). The lowest BCUT2D eigenvalue weighted by Gasteiger charge is -2.23. The normalized spacial score (nSPS) is 15.2. The fourth-order valence-electron chi connectivity index (χ4n) is 1.72. The van der Waals surface area contributed by atoms with E-state index in [0.717, 1.165) is 0 Å². The third kappa shape index (κ3) is 3.34. The van der Waals surface area contributed by atoms with Gasteiger partial charge in [0.2, 0.25) is 0 Å². The van der Waals surface area contributed by atoms with E-state index < -0.39 is 0 Å². The lowest BCUT2D eigenvalue weighted by Crippen LogP contribution is -2.33. The summed E-state index contributed by atoms with van der Waals surface area (Å²) in [6.45, 7) is 13.3. The Labute approximate surface area is 100 Å². The van der Waals surface area contributed by atoms with Crippen LogP contribution in [0.2, 0.25) is 0 Å². The molecule has 0 aromatic heterocycles. The third-order valence-electron chi connectivity index (χ3n) is 3.54. The molecule has 1 N–H and O–H groups in total. The minimum absolute atomic E-state index is 0.428. The zero-order chi connectivity index (χ0) is 12.3. The maximum atomic E-state index is 3.64. The van der Waals surface area contributed by atoms with Gasteiger partial charge in [-0.3, -0.25) is 0 Å². The molecule has 0 aliphatic heterocycles. The maximum absolute atomic E-state index is 3.64. The quantitative estimate of drug-likeness (QED) is 0.807. The van der Waals surface area contributed by atoms with Crippen LogP contribution in [-0.2, 0) is 0 Å². The molecule has 0 saturated carbocycles. The van der Waals surface area contributed by atoms with Crippen molar-refractivity contribution in [2.24, 2.45) is 5.92 Å². The van der Waals surface area contributed by atoms with E-state index in [1.54, 1.807) is 0 Å². The van der Waals surface area contributed by atoms with E-state index in [1.165, 1.54) is 16.7 Å². The minimum atomic E-state index is 0.428. The fraction of sp³-hybridized carbons (Fsp3) is 0.600. The van der Waals surface area contributed by atoms with Crippen LogP contribution in [0, 0.1) is 19.8 Å². The van der Waals surface area contributed by atoms with Gasteiger partial charge in [0.1, 0.15) is 0 Å². The molecule has 0 amide bonds. The first-order chi connectivity index (χ1) is 7.41. The summed E-state index contributed by atoms with van der Waals surface area (Å²) in [5.41, 5.74) is 4.13. The van der Waals surface area contributed by atoms with Gasteiger partial charge in [-0.15, -0.1) is 0 Å². The number of hydrogen-bond acceptors (Lipinski definition) is 1. The minimum Gasteiger partial charge on any atom is -0.307 e. The second kappa shape index (κ2) is 5.49. The van der Waals surface area contributed by atoms with Gasteiger partial charge in [-0.05, 0) is 50.3 Å². The molecule has 0 aliphatic rings. The van der Waals surface area contributed by atoms with Crippen molar-refractivity contribution in [1.82, 2.24) is 5.32 Å². The zero-order valence-electron chi connectivity index (χ0n) is 11.5. The van der Waals surface area contributed by atoms with Crippen molar-refractivity contribution in [2.45, 2.75) is 53.6 Å². The Bertz CT molecular complexity index is 341. The highest BCUT2D eigenvalue weighted by Gasteiger charge is 2.12. The van der Waals surface area contributed by atoms with Gasteiger partial charge < -0.3 is 5.32 Å². The summed E-state index contributed by atoms with van der Waals surface area (Å²) >= 11 is 0. The standard InChI is InChI=1S/C15H25N/c1-10(2)13(5)16-14(6)15-8-7-11(3)12(4)9-15/h7-10,13-14,16H,1-6H3. The van der Waals surface area contributed by atoms with Crippen molar-refractivity contribution in [3.05, 3.63) is 34.9 Å². The number of aryl methyl sites for hydroxylation is 2. The van der Waals surface area contributed by atoms with Crippen molar-refractivity contribution >= 4 is 0 Å². The highest BCUT2D eigenvalue weighted by Crippen LogP contribution is 2.18. The summed E-state index contributed by atoms with van der Waals surface area (Å²) in [6.07, 6.45) is 0. The van der Waals surface area contributed by atoms with E-state index in [-0.39, 0.29) is 0 Å². The first-order valence-corrected chi connectivity index (χ1v) is 6.25. The van der Waals surface area contributed by atoms with Crippen LogP contribution >= 0.6 is 0 Å². The molecule has 1 heteroatoms. The van der Waals surface area contributed by atoms with E-state index >= 15 is 0 Å². The Balaban J connectivity index is 2.73. The van der Waals surface area contributed by atoms with Crippen LogP contribution in [0.15, 0.2) is 18.2 Å². The van der Waals surface area contributed by atoms with Crippen LogP contribution in [0.5, 0.6) is 0 Å². The lowest BCUT2D eigenvalue weighted by molar-refractivity contribution is 0.389. The van der Waals surface area contributed by atoms with Gasteiger partial charge in [-0.2, -0.15) is 0 Å². The zero-order valence-corrected chi connectivity index (χ0v) is 11.5. The maximum Gasteiger partial charge on any atom is 0.0294 e. The molecule has 1 nitrogen and oxygen atoms in total. The Morgan fingerprint density at radius 3 is 2.06 bits per heavy atom. The number of hydrogen-bond donors (Lipinski definition) is 1. The summed E-state index contributed by atoms with van der Waals surface area (Å²) in [6, 6.07) is 7.71. The number of rotatable bonds is 4. The largest absolute Gasteiger partial charge is 0.307 e. The number of nitrogens with one attached hydrogen (secondary N) is 1. The Hall–Kier alpha value is -0.820. The molecular weight excluding hydrogens is 194 g/mol.